The van der Waals surface area contributed by atoms with Crippen molar-refractivity contribution in [2.45, 2.75) is 9.79 Å². The SMILES string of the molecule is O=C(Nc1ccc2cc(S(=O)(=O)O)cc(S(=O)(=O)O)c2c1)c1ccc([N+](=O)[O-])cc1. The summed E-state index contributed by atoms with van der Waals surface area (Å²) in [6.45, 7) is 0. The van der Waals surface area contributed by atoms with E-state index in [1.165, 1.54) is 30.3 Å². The molecule has 11 nitrogen and oxygen atoms in total. The van der Waals surface area contributed by atoms with Crippen molar-refractivity contribution in [2.24, 2.45) is 0 Å². The molecule has 13 heteroatoms. The van der Waals surface area contributed by atoms with Crippen molar-refractivity contribution < 1.29 is 35.7 Å². The largest absolute Gasteiger partial charge is 0.322 e. The molecule has 0 saturated heterocycles. The van der Waals surface area contributed by atoms with Crippen LogP contribution in [-0.4, -0.2) is 36.8 Å². The normalized spacial score (nSPS) is 11.9. The molecule has 30 heavy (non-hydrogen) atoms. The highest BCUT2D eigenvalue weighted by molar-refractivity contribution is 7.86. The number of nitrogens with one attached hydrogen (secondary N) is 1. The second-order valence-corrected chi connectivity index (χ2v) is 8.88. The first kappa shape index (κ1) is 21.3. The topological polar surface area (TPSA) is 181 Å². The van der Waals surface area contributed by atoms with Crippen molar-refractivity contribution in [1.29, 1.82) is 0 Å². The van der Waals surface area contributed by atoms with E-state index in [2.05, 4.69) is 5.32 Å². The van der Waals surface area contributed by atoms with E-state index in [-0.39, 0.29) is 27.7 Å². The van der Waals surface area contributed by atoms with E-state index in [4.69, 9.17) is 0 Å². The zero-order chi connectivity index (χ0) is 22.3. The lowest BCUT2D eigenvalue weighted by molar-refractivity contribution is -0.384. The van der Waals surface area contributed by atoms with Crippen molar-refractivity contribution in [2.75, 3.05) is 5.32 Å². The molecule has 156 valence electrons. The Hall–Kier alpha value is -3.39. The minimum Gasteiger partial charge on any atom is -0.322 e. The summed E-state index contributed by atoms with van der Waals surface area (Å²) >= 11 is 0. The Labute approximate surface area is 169 Å². The van der Waals surface area contributed by atoms with Crippen LogP contribution in [0.25, 0.3) is 10.8 Å². The Balaban J connectivity index is 2.04. The number of anilines is 1. The van der Waals surface area contributed by atoms with E-state index in [1.54, 1.807) is 0 Å². The number of benzene rings is 3. The smallest absolute Gasteiger partial charge is 0.295 e. The Bertz CT molecular complexity index is 1400. The quantitative estimate of drug-likeness (QED) is 0.297. The van der Waals surface area contributed by atoms with E-state index in [9.17, 15) is 40.8 Å². The van der Waals surface area contributed by atoms with Gasteiger partial charge in [-0.05, 0) is 41.8 Å². The number of carbonyl (C=O) groups excluding carboxylic acids is 1. The van der Waals surface area contributed by atoms with Gasteiger partial charge in [0.25, 0.3) is 31.8 Å². The molecule has 3 aromatic carbocycles. The number of hydrogen-bond donors (Lipinski definition) is 3. The van der Waals surface area contributed by atoms with Gasteiger partial charge >= 0.3 is 0 Å². The van der Waals surface area contributed by atoms with Crippen molar-refractivity contribution in [1.82, 2.24) is 0 Å². The first-order chi connectivity index (χ1) is 13.9. The third kappa shape index (κ3) is 4.44. The zero-order valence-electron chi connectivity index (χ0n) is 14.7. The molecule has 0 spiro atoms. The number of carbonyl (C=O) groups is 1. The number of non-ortho nitro benzene ring substituents is 1. The molecule has 0 radical (unpaired) electrons. The standard InChI is InChI=1S/C17H12N2O9S2/c20-17(10-2-5-13(6-3-10)19(21)22)18-12-4-1-11-7-14(29(23,24)25)9-16(15(11)8-12)30(26,27)28/h1-9H,(H,18,20)(H,23,24,25)(H,26,27,28). The summed E-state index contributed by atoms with van der Waals surface area (Å²) in [7, 11) is -9.62. The van der Waals surface area contributed by atoms with E-state index in [0.717, 1.165) is 18.2 Å². The third-order valence-electron chi connectivity index (χ3n) is 4.06. The molecule has 0 saturated carbocycles. The predicted octanol–water partition coefficient (Wildman–Crippen LogP) is 2.49. The van der Waals surface area contributed by atoms with Crippen molar-refractivity contribution in [3.05, 3.63) is 70.3 Å². The first-order valence-electron chi connectivity index (χ1n) is 7.95. The summed E-state index contributed by atoms with van der Waals surface area (Å²) < 4.78 is 64.8. The summed E-state index contributed by atoms with van der Waals surface area (Å²) in [5, 5.41) is 13.1. The Morgan fingerprint density at radius 2 is 1.53 bits per heavy atom. The highest BCUT2D eigenvalue weighted by Gasteiger charge is 2.21. The summed E-state index contributed by atoms with van der Waals surface area (Å²) in [6.07, 6.45) is 0. The molecule has 0 heterocycles. The van der Waals surface area contributed by atoms with Gasteiger partial charge in [-0.2, -0.15) is 16.8 Å². The number of fused-ring (bicyclic) bond motifs is 1. The molecular weight excluding hydrogens is 440 g/mol. The molecule has 0 fully saturated rings. The van der Waals surface area contributed by atoms with Crippen molar-refractivity contribution in [3.63, 3.8) is 0 Å². The average molecular weight is 452 g/mol. The summed E-state index contributed by atoms with van der Waals surface area (Å²) in [4.78, 5) is 20.9. The number of hydrogen-bond acceptors (Lipinski definition) is 7. The van der Waals surface area contributed by atoms with Gasteiger partial charge in [0, 0.05) is 28.8 Å². The van der Waals surface area contributed by atoms with Gasteiger partial charge in [-0.1, -0.05) is 6.07 Å². The van der Waals surface area contributed by atoms with Crippen LogP contribution in [0.1, 0.15) is 10.4 Å². The van der Waals surface area contributed by atoms with Crippen LogP contribution in [0.3, 0.4) is 0 Å². The first-order valence-corrected chi connectivity index (χ1v) is 10.8. The molecule has 0 unspecified atom stereocenters. The molecule has 3 rings (SSSR count). The monoisotopic (exact) mass is 452 g/mol. The Morgan fingerprint density at radius 1 is 0.900 bits per heavy atom. The number of amides is 1. The highest BCUT2D eigenvalue weighted by atomic mass is 32.2. The van der Waals surface area contributed by atoms with E-state index >= 15 is 0 Å². The van der Waals surface area contributed by atoms with E-state index in [1.807, 2.05) is 0 Å². The van der Waals surface area contributed by atoms with Crippen molar-refractivity contribution in [3.8, 4) is 0 Å². The molecule has 0 aliphatic carbocycles. The molecule has 0 bridgehead atoms. The highest BCUT2D eigenvalue weighted by Crippen LogP contribution is 2.30. The van der Waals surface area contributed by atoms with Crippen molar-refractivity contribution >= 4 is 48.3 Å². The number of nitro benzene ring substituents is 1. The minimum absolute atomic E-state index is 0.0612. The molecule has 0 atom stereocenters. The molecule has 0 aromatic heterocycles. The lowest BCUT2D eigenvalue weighted by Gasteiger charge is -2.10. The van der Waals surface area contributed by atoms with Gasteiger partial charge in [0.2, 0.25) is 0 Å². The van der Waals surface area contributed by atoms with Crippen LogP contribution in [0.5, 0.6) is 0 Å². The summed E-state index contributed by atoms with van der Waals surface area (Å²) in [5.41, 5.74) is -0.00234. The maximum Gasteiger partial charge on any atom is 0.295 e. The Morgan fingerprint density at radius 3 is 2.07 bits per heavy atom. The second kappa shape index (κ2) is 7.46. The predicted molar refractivity (Wildman–Crippen MR) is 105 cm³/mol. The lowest BCUT2D eigenvalue weighted by atomic mass is 10.1. The number of rotatable bonds is 5. The molecule has 0 aliphatic heterocycles. The van der Waals surface area contributed by atoms with Crippen LogP contribution < -0.4 is 5.32 Å². The van der Waals surface area contributed by atoms with E-state index < -0.39 is 40.9 Å². The fourth-order valence-corrected chi connectivity index (χ4v) is 4.02. The van der Waals surface area contributed by atoms with Crippen LogP contribution in [-0.2, 0) is 20.2 Å². The number of nitro groups is 1. The molecule has 3 aromatic rings. The minimum atomic E-state index is -4.87. The average Bonchev–Trinajstić information content (AvgIpc) is 2.65. The van der Waals surface area contributed by atoms with Crippen LogP contribution in [0.2, 0.25) is 0 Å². The molecule has 3 N–H and O–H groups in total. The molecule has 0 aliphatic rings. The zero-order valence-corrected chi connectivity index (χ0v) is 16.3. The van der Waals surface area contributed by atoms with Gasteiger partial charge in [0.1, 0.15) is 4.90 Å². The van der Waals surface area contributed by atoms with Crippen LogP contribution in [0.15, 0.2) is 64.4 Å². The van der Waals surface area contributed by atoms with Gasteiger partial charge in [-0.25, -0.2) is 0 Å². The van der Waals surface area contributed by atoms with Gasteiger partial charge in [-0.3, -0.25) is 24.0 Å². The van der Waals surface area contributed by atoms with Gasteiger partial charge in [0.15, 0.2) is 0 Å². The van der Waals surface area contributed by atoms with Gasteiger partial charge < -0.3 is 5.32 Å². The maximum atomic E-state index is 12.3. The Kier molecular flexibility index (Phi) is 5.30. The van der Waals surface area contributed by atoms with Gasteiger partial charge in [-0.15, -0.1) is 0 Å². The summed E-state index contributed by atoms with van der Waals surface area (Å²) in [5.74, 6) is -0.646. The van der Waals surface area contributed by atoms with E-state index in [0.29, 0.717) is 6.07 Å². The fourth-order valence-electron chi connectivity index (χ4n) is 2.68. The lowest BCUT2D eigenvalue weighted by Crippen LogP contribution is -2.12. The molecule has 1 amide bonds. The van der Waals surface area contributed by atoms with Gasteiger partial charge in [0.05, 0.1) is 9.82 Å². The third-order valence-corrected chi connectivity index (χ3v) is 5.79. The maximum absolute atomic E-state index is 12.3. The van der Waals surface area contributed by atoms with Crippen LogP contribution in [0, 0.1) is 10.1 Å². The number of nitrogens with zero attached hydrogens (tertiary/aromatic N) is 1. The fraction of sp³-hybridized carbons (Fsp3) is 0. The van der Waals surface area contributed by atoms with Crippen LogP contribution in [0.4, 0.5) is 11.4 Å². The van der Waals surface area contributed by atoms with Crippen LogP contribution >= 0.6 is 0 Å². The second-order valence-electron chi connectivity index (χ2n) is 6.07. The molecular formula is C17H12N2O9S2. The summed E-state index contributed by atoms with van der Waals surface area (Å²) in [6, 6.07) is 10.2.